The van der Waals surface area contributed by atoms with Crippen molar-refractivity contribution in [3.8, 4) is 5.75 Å². The fourth-order valence-electron chi connectivity index (χ4n) is 2.10. The van der Waals surface area contributed by atoms with Crippen LogP contribution in [0.4, 0.5) is 16.5 Å². The first-order valence-corrected chi connectivity index (χ1v) is 8.57. The van der Waals surface area contributed by atoms with Crippen LogP contribution < -0.4 is 21.2 Å². The van der Waals surface area contributed by atoms with Gasteiger partial charge in [-0.1, -0.05) is 12.1 Å². The molecule has 2 aromatic carbocycles. The van der Waals surface area contributed by atoms with E-state index < -0.39 is 0 Å². The molecule has 0 aliphatic carbocycles. The van der Waals surface area contributed by atoms with Gasteiger partial charge in [-0.05, 0) is 42.0 Å². The van der Waals surface area contributed by atoms with Gasteiger partial charge in [0.05, 0.1) is 13.3 Å². The Kier molecular flexibility index (Phi) is 5.45. The third-order valence-corrected chi connectivity index (χ3v) is 4.13. The Morgan fingerprint density at radius 2 is 2.08 bits per heavy atom. The quantitative estimate of drug-likeness (QED) is 0.353. The molecule has 0 saturated heterocycles. The highest BCUT2D eigenvalue weighted by molar-refractivity contribution is 7.14. The van der Waals surface area contributed by atoms with Crippen LogP contribution in [0, 0.1) is 0 Å². The zero-order valence-corrected chi connectivity index (χ0v) is 14.8. The first-order valence-electron chi connectivity index (χ1n) is 7.69. The van der Waals surface area contributed by atoms with Gasteiger partial charge in [-0.15, -0.1) is 11.3 Å². The number of aromatic nitrogens is 1. The van der Waals surface area contributed by atoms with Crippen LogP contribution in [0.2, 0.25) is 0 Å². The Morgan fingerprint density at radius 3 is 2.81 bits per heavy atom. The van der Waals surface area contributed by atoms with Crippen LogP contribution in [0.5, 0.6) is 5.75 Å². The standard InChI is InChI=1S/C18H17N5O2S/c1-25-15-7-5-14(6-8-15)21-18-22-16(11-26-18)17(24)23-20-10-12-3-2-4-13(19)9-12/h2-11H,19H2,1H3,(H,21,22)(H,23,24)/b20-10+. The highest BCUT2D eigenvalue weighted by Gasteiger charge is 2.10. The Labute approximate surface area is 154 Å². The first-order chi connectivity index (χ1) is 12.6. The molecule has 1 amide bonds. The number of thiazole rings is 1. The molecule has 0 aliphatic rings. The molecule has 0 aliphatic heterocycles. The lowest BCUT2D eigenvalue weighted by Gasteiger charge is -2.03. The van der Waals surface area contributed by atoms with Gasteiger partial charge in [0.25, 0.3) is 5.91 Å². The summed E-state index contributed by atoms with van der Waals surface area (Å²) in [4.78, 5) is 16.4. The molecule has 3 rings (SSSR count). The van der Waals surface area contributed by atoms with Crippen LogP contribution in [0.25, 0.3) is 0 Å². The molecular weight excluding hydrogens is 350 g/mol. The molecule has 0 spiro atoms. The number of benzene rings is 2. The van der Waals surface area contributed by atoms with E-state index >= 15 is 0 Å². The second-order valence-corrected chi connectivity index (χ2v) is 6.12. The lowest BCUT2D eigenvalue weighted by Crippen LogP contribution is -2.18. The largest absolute Gasteiger partial charge is 0.497 e. The Morgan fingerprint density at radius 1 is 1.27 bits per heavy atom. The van der Waals surface area contributed by atoms with Crippen molar-refractivity contribution in [2.24, 2.45) is 5.10 Å². The van der Waals surface area contributed by atoms with Gasteiger partial charge < -0.3 is 15.8 Å². The zero-order valence-electron chi connectivity index (χ0n) is 14.0. The number of nitrogens with zero attached hydrogens (tertiary/aromatic N) is 2. The monoisotopic (exact) mass is 367 g/mol. The molecule has 8 heteroatoms. The van der Waals surface area contributed by atoms with Gasteiger partial charge in [0.15, 0.2) is 5.13 Å². The minimum Gasteiger partial charge on any atom is -0.497 e. The number of hydrazone groups is 1. The minimum absolute atomic E-state index is 0.288. The third kappa shape index (κ3) is 4.58. The Bertz CT molecular complexity index is 921. The zero-order chi connectivity index (χ0) is 18.4. The summed E-state index contributed by atoms with van der Waals surface area (Å²) in [5.41, 5.74) is 10.7. The van der Waals surface area contributed by atoms with E-state index in [2.05, 4.69) is 20.8 Å². The van der Waals surface area contributed by atoms with Crippen molar-refractivity contribution in [1.29, 1.82) is 0 Å². The summed E-state index contributed by atoms with van der Waals surface area (Å²) in [6, 6.07) is 14.6. The first kappa shape index (κ1) is 17.4. The van der Waals surface area contributed by atoms with E-state index in [9.17, 15) is 4.79 Å². The van der Waals surface area contributed by atoms with E-state index in [0.29, 0.717) is 10.8 Å². The van der Waals surface area contributed by atoms with E-state index in [-0.39, 0.29) is 11.6 Å². The Hall–Kier alpha value is -3.39. The smallest absolute Gasteiger partial charge is 0.290 e. The number of ether oxygens (including phenoxy) is 1. The molecule has 0 saturated carbocycles. The maximum atomic E-state index is 12.1. The van der Waals surface area contributed by atoms with Crippen LogP contribution in [0.1, 0.15) is 16.1 Å². The van der Waals surface area contributed by atoms with Crippen molar-refractivity contribution in [2.45, 2.75) is 0 Å². The number of carbonyl (C=O) groups excluding carboxylic acids is 1. The SMILES string of the molecule is COc1ccc(Nc2nc(C(=O)N/N=C/c3cccc(N)c3)cs2)cc1. The molecule has 7 nitrogen and oxygen atoms in total. The van der Waals surface area contributed by atoms with Crippen LogP contribution in [0.3, 0.4) is 0 Å². The highest BCUT2D eigenvalue weighted by atomic mass is 32.1. The van der Waals surface area contributed by atoms with Crippen molar-refractivity contribution < 1.29 is 9.53 Å². The Balaban J connectivity index is 1.58. The van der Waals surface area contributed by atoms with Gasteiger partial charge in [-0.25, -0.2) is 10.4 Å². The fraction of sp³-hybridized carbons (Fsp3) is 0.0556. The molecule has 4 N–H and O–H groups in total. The molecule has 132 valence electrons. The van der Waals surface area contributed by atoms with E-state index in [0.717, 1.165) is 17.0 Å². The van der Waals surface area contributed by atoms with Gasteiger partial charge in [-0.2, -0.15) is 5.10 Å². The molecule has 1 aromatic heterocycles. The maximum Gasteiger partial charge on any atom is 0.290 e. The normalized spacial score (nSPS) is 10.7. The average Bonchev–Trinajstić information content (AvgIpc) is 3.11. The number of anilines is 3. The molecule has 0 atom stereocenters. The summed E-state index contributed by atoms with van der Waals surface area (Å²) in [5.74, 6) is 0.386. The molecule has 3 aromatic rings. The summed E-state index contributed by atoms with van der Waals surface area (Å²) < 4.78 is 5.12. The average molecular weight is 367 g/mol. The minimum atomic E-state index is -0.385. The summed E-state index contributed by atoms with van der Waals surface area (Å²) in [6.07, 6.45) is 1.52. The second kappa shape index (κ2) is 8.13. The number of nitrogen functional groups attached to an aromatic ring is 1. The maximum absolute atomic E-state index is 12.1. The predicted octanol–water partition coefficient (Wildman–Crippen LogP) is 3.24. The number of nitrogens with two attached hydrogens (primary N) is 1. The van der Waals surface area contributed by atoms with Gasteiger partial charge in [0.2, 0.25) is 0 Å². The van der Waals surface area contributed by atoms with E-state index in [1.807, 2.05) is 36.4 Å². The van der Waals surface area contributed by atoms with Gasteiger partial charge in [-0.3, -0.25) is 4.79 Å². The summed E-state index contributed by atoms with van der Waals surface area (Å²) >= 11 is 1.33. The van der Waals surface area contributed by atoms with Gasteiger partial charge >= 0.3 is 0 Å². The molecule has 1 heterocycles. The number of hydrogen-bond acceptors (Lipinski definition) is 7. The lowest BCUT2D eigenvalue weighted by atomic mass is 10.2. The predicted molar refractivity (Wildman–Crippen MR) is 104 cm³/mol. The van der Waals surface area contributed by atoms with Crippen molar-refractivity contribution in [3.63, 3.8) is 0 Å². The summed E-state index contributed by atoms with van der Waals surface area (Å²) in [7, 11) is 1.61. The molecule has 26 heavy (non-hydrogen) atoms. The van der Waals surface area contributed by atoms with E-state index in [4.69, 9.17) is 10.5 Å². The van der Waals surface area contributed by atoms with Crippen molar-refractivity contribution >= 4 is 40.0 Å². The topological polar surface area (TPSA) is 102 Å². The van der Waals surface area contributed by atoms with Crippen molar-refractivity contribution in [3.05, 3.63) is 65.2 Å². The van der Waals surface area contributed by atoms with Gasteiger partial charge in [0, 0.05) is 16.8 Å². The van der Waals surface area contributed by atoms with Crippen molar-refractivity contribution in [1.82, 2.24) is 10.4 Å². The molecule has 0 radical (unpaired) electrons. The lowest BCUT2D eigenvalue weighted by molar-refractivity contribution is 0.0951. The van der Waals surface area contributed by atoms with E-state index in [1.54, 1.807) is 24.6 Å². The number of methoxy groups -OCH3 is 1. The molecule has 0 unspecified atom stereocenters. The highest BCUT2D eigenvalue weighted by Crippen LogP contribution is 2.22. The fourth-order valence-corrected chi connectivity index (χ4v) is 2.81. The number of amides is 1. The number of rotatable bonds is 6. The number of carbonyl (C=O) groups is 1. The third-order valence-electron chi connectivity index (χ3n) is 3.37. The number of hydrogen-bond donors (Lipinski definition) is 3. The summed E-state index contributed by atoms with van der Waals surface area (Å²) in [5, 5.41) is 9.33. The molecule has 0 fully saturated rings. The van der Waals surface area contributed by atoms with Crippen molar-refractivity contribution in [2.75, 3.05) is 18.2 Å². The second-order valence-electron chi connectivity index (χ2n) is 5.26. The van der Waals surface area contributed by atoms with E-state index in [1.165, 1.54) is 17.6 Å². The van der Waals surface area contributed by atoms with Crippen LogP contribution in [0.15, 0.2) is 59.0 Å². The van der Waals surface area contributed by atoms with Crippen LogP contribution in [-0.4, -0.2) is 24.2 Å². The molecular formula is C18H17N5O2S. The number of nitrogens with one attached hydrogen (secondary N) is 2. The van der Waals surface area contributed by atoms with Crippen LogP contribution in [-0.2, 0) is 0 Å². The van der Waals surface area contributed by atoms with Gasteiger partial charge in [0.1, 0.15) is 11.4 Å². The molecule has 0 bridgehead atoms. The summed E-state index contributed by atoms with van der Waals surface area (Å²) in [6.45, 7) is 0. The van der Waals surface area contributed by atoms with Crippen LogP contribution >= 0.6 is 11.3 Å².